The lowest BCUT2D eigenvalue weighted by Crippen LogP contribution is -2.57. The maximum Gasteiger partial charge on any atom is 0.417 e. The van der Waals surface area contributed by atoms with Crippen molar-refractivity contribution in [3.05, 3.63) is 47.8 Å². The van der Waals surface area contributed by atoms with Crippen LogP contribution in [0.4, 0.5) is 42.4 Å². The van der Waals surface area contributed by atoms with Crippen LogP contribution in [-0.2, 0) is 15.7 Å². The fourth-order valence-corrected chi connectivity index (χ4v) is 7.32. The molecule has 2 saturated heterocycles. The molecule has 48 heavy (non-hydrogen) atoms. The van der Waals surface area contributed by atoms with Gasteiger partial charge in [-0.05, 0) is 78.1 Å². The van der Waals surface area contributed by atoms with Gasteiger partial charge in [-0.15, -0.1) is 11.3 Å². The summed E-state index contributed by atoms with van der Waals surface area (Å²) in [7, 11) is 0. The number of aromatic nitrogens is 2. The predicted molar refractivity (Wildman–Crippen MR) is 172 cm³/mol. The second-order valence-electron chi connectivity index (χ2n) is 14.0. The summed E-state index contributed by atoms with van der Waals surface area (Å²) in [5, 5.41) is 2.78. The molecule has 1 N–H and O–H groups in total. The van der Waals surface area contributed by atoms with Gasteiger partial charge in [0.15, 0.2) is 5.82 Å². The first-order valence-electron chi connectivity index (χ1n) is 15.4. The summed E-state index contributed by atoms with van der Waals surface area (Å²) in [6, 6.07) is 5.90. The molecule has 2 atom stereocenters. The van der Waals surface area contributed by atoms with E-state index < -0.39 is 58.1 Å². The number of carbonyl (C=O) groups is 2. The molecule has 0 aliphatic carbocycles. The highest BCUT2D eigenvalue weighted by Crippen LogP contribution is 2.47. The summed E-state index contributed by atoms with van der Waals surface area (Å²) in [4.78, 5) is 36.0. The first-order chi connectivity index (χ1) is 22.3. The van der Waals surface area contributed by atoms with Crippen molar-refractivity contribution in [2.75, 3.05) is 23.3 Å². The Labute approximate surface area is 277 Å². The summed E-state index contributed by atoms with van der Waals surface area (Å²) >= 11 is 1.07. The summed E-state index contributed by atoms with van der Waals surface area (Å²) in [6.07, 6.45) is -6.39. The molecule has 2 aliphatic rings. The smallest absolute Gasteiger partial charge is 0.417 e. The van der Waals surface area contributed by atoms with Crippen LogP contribution in [0.3, 0.4) is 0 Å². The Hall–Kier alpha value is -4.27. The van der Waals surface area contributed by atoms with Gasteiger partial charge < -0.3 is 14.4 Å². The van der Waals surface area contributed by atoms with E-state index in [1.807, 2.05) is 0 Å². The van der Waals surface area contributed by atoms with Crippen LogP contribution >= 0.6 is 11.3 Å². The van der Waals surface area contributed by atoms with Crippen LogP contribution in [0.15, 0.2) is 30.3 Å². The standard InChI is InChI=1S/C33H34F5N5O4S/c1-31(2,3)46-29(44)39-23-13-19-18(8-7-9-22(19)48-23)24-21(33(36,37)38)12-20-26(25(24)34)40-28(35)41-27(20)42-14-16-10-11-17(15-42)43(16)30(45)47-32(4,5)6/h7-9,12-13,16-17H,10-11,14-15H2,1-6H3,(H,39,44)/t16-,17+. The number of ether oxygens (including phenoxy) is 2. The number of piperazine rings is 1. The first kappa shape index (κ1) is 33.6. The molecule has 0 spiro atoms. The fraction of sp³-hybridized carbons (Fsp3) is 0.455. The zero-order valence-electron chi connectivity index (χ0n) is 27.1. The Morgan fingerprint density at radius 2 is 1.56 bits per heavy atom. The number of alkyl halides is 3. The molecule has 15 heteroatoms. The highest BCUT2D eigenvalue weighted by molar-refractivity contribution is 7.23. The summed E-state index contributed by atoms with van der Waals surface area (Å²) in [5.41, 5.74) is -4.34. The molecule has 2 aromatic carbocycles. The van der Waals surface area contributed by atoms with E-state index in [-0.39, 0.29) is 52.3 Å². The number of hydrogen-bond acceptors (Lipinski definition) is 8. The number of nitrogens with zero attached hydrogens (tertiary/aromatic N) is 4. The van der Waals surface area contributed by atoms with Crippen molar-refractivity contribution < 1.29 is 41.0 Å². The highest BCUT2D eigenvalue weighted by atomic mass is 32.1. The van der Waals surface area contributed by atoms with E-state index in [2.05, 4.69) is 15.3 Å². The van der Waals surface area contributed by atoms with Crippen molar-refractivity contribution >= 4 is 55.3 Å². The molecular formula is C33H34F5N5O4S. The maximum absolute atomic E-state index is 16.6. The van der Waals surface area contributed by atoms with Crippen LogP contribution in [0.25, 0.3) is 32.1 Å². The zero-order chi connectivity index (χ0) is 34.9. The zero-order valence-corrected chi connectivity index (χ0v) is 27.9. The molecule has 256 valence electrons. The number of anilines is 2. The van der Waals surface area contributed by atoms with E-state index >= 15 is 8.78 Å². The van der Waals surface area contributed by atoms with Crippen molar-refractivity contribution in [1.29, 1.82) is 0 Å². The van der Waals surface area contributed by atoms with E-state index in [1.165, 1.54) is 18.2 Å². The molecule has 6 rings (SSSR count). The third-order valence-corrected chi connectivity index (χ3v) is 9.05. The minimum atomic E-state index is -5.03. The van der Waals surface area contributed by atoms with Crippen LogP contribution in [-0.4, -0.2) is 63.4 Å². The minimum Gasteiger partial charge on any atom is -0.444 e. The molecule has 2 fully saturated rings. The minimum absolute atomic E-state index is 0.114. The Balaban J connectivity index is 1.44. The average molecular weight is 692 g/mol. The molecule has 4 heterocycles. The van der Waals surface area contributed by atoms with E-state index in [0.717, 1.165) is 17.4 Å². The van der Waals surface area contributed by atoms with Gasteiger partial charge in [-0.25, -0.2) is 14.0 Å². The van der Waals surface area contributed by atoms with Crippen molar-refractivity contribution in [3.8, 4) is 11.1 Å². The third kappa shape index (κ3) is 6.56. The second-order valence-corrected chi connectivity index (χ2v) is 15.0. The Morgan fingerprint density at radius 1 is 0.917 bits per heavy atom. The van der Waals surface area contributed by atoms with E-state index in [1.54, 1.807) is 57.4 Å². The molecule has 0 unspecified atom stereocenters. The third-order valence-electron chi connectivity index (χ3n) is 8.03. The Morgan fingerprint density at radius 3 is 2.17 bits per heavy atom. The second kappa shape index (κ2) is 11.7. The highest BCUT2D eigenvalue weighted by Gasteiger charge is 2.45. The first-order valence-corrected chi connectivity index (χ1v) is 16.2. The van der Waals surface area contributed by atoms with Crippen molar-refractivity contribution in [2.24, 2.45) is 0 Å². The number of thiophene rings is 1. The van der Waals surface area contributed by atoms with Gasteiger partial charge in [0.2, 0.25) is 0 Å². The Bertz CT molecular complexity index is 1920. The molecule has 0 saturated carbocycles. The van der Waals surface area contributed by atoms with E-state index in [9.17, 15) is 22.8 Å². The van der Waals surface area contributed by atoms with Crippen LogP contribution in [0.5, 0.6) is 0 Å². The lowest BCUT2D eigenvalue weighted by Gasteiger charge is -2.42. The quantitative estimate of drug-likeness (QED) is 0.170. The van der Waals surface area contributed by atoms with Crippen LogP contribution < -0.4 is 10.2 Å². The Kier molecular flexibility index (Phi) is 8.20. The van der Waals surface area contributed by atoms with Crippen molar-refractivity contribution in [2.45, 2.75) is 83.8 Å². The molecule has 2 aromatic heterocycles. The summed E-state index contributed by atoms with van der Waals surface area (Å²) in [6.45, 7) is 10.6. The van der Waals surface area contributed by atoms with Crippen LogP contribution in [0.2, 0.25) is 0 Å². The summed E-state index contributed by atoms with van der Waals surface area (Å²) in [5.74, 6) is -1.55. The lowest BCUT2D eigenvalue weighted by atomic mass is 9.94. The largest absolute Gasteiger partial charge is 0.444 e. The molecular weight excluding hydrogens is 657 g/mol. The van der Waals surface area contributed by atoms with E-state index in [4.69, 9.17) is 9.47 Å². The number of benzene rings is 2. The van der Waals surface area contributed by atoms with Gasteiger partial charge >= 0.3 is 24.4 Å². The number of nitrogens with one attached hydrogen (secondary N) is 1. The van der Waals surface area contributed by atoms with Crippen LogP contribution in [0, 0.1) is 11.9 Å². The van der Waals surface area contributed by atoms with Gasteiger partial charge in [0.25, 0.3) is 0 Å². The van der Waals surface area contributed by atoms with Crippen molar-refractivity contribution in [1.82, 2.24) is 14.9 Å². The fourth-order valence-electron chi connectivity index (χ4n) is 6.35. The lowest BCUT2D eigenvalue weighted by molar-refractivity contribution is -0.137. The van der Waals surface area contributed by atoms with Gasteiger partial charge in [0.1, 0.15) is 22.5 Å². The average Bonchev–Trinajstić information content (AvgIpc) is 3.47. The number of carbonyl (C=O) groups excluding carboxylic acids is 2. The van der Waals surface area contributed by atoms with Gasteiger partial charge in [0.05, 0.1) is 22.6 Å². The van der Waals surface area contributed by atoms with Gasteiger partial charge in [0, 0.05) is 34.1 Å². The topological polar surface area (TPSA) is 96.9 Å². The monoisotopic (exact) mass is 691 g/mol. The predicted octanol–water partition coefficient (Wildman–Crippen LogP) is 8.74. The number of halogens is 5. The SMILES string of the molecule is CC(C)(C)OC(=O)Nc1cc2c(-c3c(C(F)(F)F)cc4c(N5C[C@H]6CC[C@@H](C5)N6C(=O)OC(C)(C)C)nc(F)nc4c3F)cccc2s1. The van der Waals surface area contributed by atoms with Crippen molar-refractivity contribution in [3.63, 3.8) is 0 Å². The number of rotatable bonds is 3. The van der Waals surface area contributed by atoms with Gasteiger partial charge in [-0.3, -0.25) is 10.2 Å². The number of hydrogen-bond donors (Lipinski definition) is 1. The summed E-state index contributed by atoms with van der Waals surface area (Å²) < 4.78 is 87.3. The molecule has 9 nitrogen and oxygen atoms in total. The van der Waals surface area contributed by atoms with Crippen LogP contribution in [0.1, 0.15) is 59.9 Å². The molecule has 2 bridgehead atoms. The number of amides is 2. The molecule has 2 amide bonds. The van der Waals surface area contributed by atoms with Gasteiger partial charge in [-0.2, -0.15) is 27.5 Å². The normalized spacial score (nSPS) is 18.5. The van der Waals surface area contributed by atoms with Gasteiger partial charge in [-0.1, -0.05) is 12.1 Å². The van der Waals surface area contributed by atoms with E-state index in [0.29, 0.717) is 17.5 Å². The molecule has 4 aromatic rings. The molecule has 0 radical (unpaired) electrons. The maximum atomic E-state index is 16.6. The number of fused-ring (bicyclic) bond motifs is 4. The molecule has 2 aliphatic heterocycles.